The van der Waals surface area contributed by atoms with Crippen LogP contribution in [0.3, 0.4) is 0 Å². The molecule has 0 amide bonds. The lowest BCUT2D eigenvalue weighted by Crippen LogP contribution is -2.61. The van der Waals surface area contributed by atoms with Gasteiger partial charge in [-0.15, -0.1) is 0 Å². The molecule has 4 aliphatic heterocycles. The Kier molecular flexibility index (Phi) is 7.74. The summed E-state index contributed by atoms with van der Waals surface area (Å²) in [5.74, 6) is 1.86. The maximum Gasteiger partial charge on any atom is 0.256 e. The molecule has 0 fully saturated rings. The van der Waals surface area contributed by atoms with Gasteiger partial charge in [0, 0.05) is 51.2 Å². The number of hydrogen-bond acceptors (Lipinski definition) is 4. The first-order chi connectivity index (χ1) is 30.7. The maximum atomic E-state index is 6.80. The lowest BCUT2D eigenvalue weighted by molar-refractivity contribution is 0.487. The SMILES string of the molecule is Cc1cc2c3c(c1)N(c1ccccc1)c1cccc(Cc4cc5c6c(c4)N(c4ccccc4)c4ccccc4B6c4ccccc4N5c4ccccc4)c1B3c1ccccc1O2. The highest BCUT2D eigenvalue weighted by molar-refractivity contribution is 7.00. The summed E-state index contributed by atoms with van der Waals surface area (Å²) in [6.45, 7) is 2.24. The molecule has 4 heterocycles. The fourth-order valence-corrected chi connectivity index (χ4v) is 10.9. The van der Waals surface area contributed by atoms with Crippen molar-refractivity contribution in [1.29, 1.82) is 0 Å². The predicted molar refractivity (Wildman–Crippen MR) is 260 cm³/mol. The van der Waals surface area contributed by atoms with E-state index < -0.39 is 0 Å². The molecule has 290 valence electrons. The molecule has 6 heteroatoms. The Labute approximate surface area is 363 Å². The molecule has 0 radical (unpaired) electrons. The molecular weight excluding hydrogens is 752 g/mol. The van der Waals surface area contributed by atoms with Crippen LogP contribution in [0, 0.1) is 6.92 Å². The Bertz CT molecular complexity index is 3130. The molecule has 9 aromatic rings. The quantitative estimate of drug-likeness (QED) is 0.162. The van der Waals surface area contributed by atoms with Crippen molar-refractivity contribution in [3.8, 4) is 11.5 Å². The second-order valence-corrected chi connectivity index (χ2v) is 16.9. The molecule has 62 heavy (non-hydrogen) atoms. The summed E-state index contributed by atoms with van der Waals surface area (Å²) in [7, 11) is 0. The number of aryl methyl sites for hydroxylation is 1. The molecule has 0 aliphatic carbocycles. The number of para-hydroxylation sites is 6. The minimum atomic E-state index is -0.00235. The summed E-state index contributed by atoms with van der Waals surface area (Å²) in [5, 5.41) is 0. The van der Waals surface area contributed by atoms with Crippen LogP contribution in [0.2, 0.25) is 0 Å². The van der Waals surface area contributed by atoms with Crippen LogP contribution in [0.15, 0.2) is 206 Å². The highest BCUT2D eigenvalue weighted by atomic mass is 16.5. The minimum Gasteiger partial charge on any atom is -0.458 e. The Morgan fingerprint density at radius 3 is 1.45 bits per heavy atom. The van der Waals surface area contributed by atoms with Gasteiger partial charge in [0.25, 0.3) is 13.4 Å². The molecule has 0 aromatic heterocycles. The van der Waals surface area contributed by atoms with E-state index in [2.05, 4.69) is 228 Å². The molecule has 4 aliphatic rings. The topological polar surface area (TPSA) is 19.0 Å². The lowest BCUT2D eigenvalue weighted by Gasteiger charge is -2.44. The summed E-state index contributed by atoms with van der Waals surface area (Å²) in [5.41, 5.74) is 22.1. The van der Waals surface area contributed by atoms with E-state index in [1.54, 1.807) is 0 Å². The van der Waals surface area contributed by atoms with Gasteiger partial charge in [-0.25, -0.2) is 0 Å². The first-order valence-corrected chi connectivity index (χ1v) is 21.6. The van der Waals surface area contributed by atoms with Crippen LogP contribution in [-0.4, -0.2) is 13.4 Å². The van der Waals surface area contributed by atoms with Gasteiger partial charge in [-0.2, -0.15) is 0 Å². The van der Waals surface area contributed by atoms with E-state index >= 15 is 0 Å². The summed E-state index contributed by atoms with van der Waals surface area (Å²) in [6.07, 6.45) is 0.737. The van der Waals surface area contributed by atoms with E-state index in [-0.39, 0.29) is 13.4 Å². The van der Waals surface area contributed by atoms with Gasteiger partial charge in [-0.05, 0) is 148 Å². The van der Waals surface area contributed by atoms with E-state index in [4.69, 9.17) is 4.74 Å². The molecule has 0 bridgehead atoms. The van der Waals surface area contributed by atoms with Gasteiger partial charge in [-0.1, -0.05) is 121 Å². The molecule has 0 spiro atoms. The Morgan fingerprint density at radius 2 is 0.855 bits per heavy atom. The predicted octanol–water partition coefficient (Wildman–Crippen LogP) is 10.1. The number of benzene rings is 9. The van der Waals surface area contributed by atoms with Gasteiger partial charge >= 0.3 is 0 Å². The molecule has 0 N–H and O–H groups in total. The third kappa shape index (κ3) is 5.16. The second kappa shape index (κ2) is 13.7. The van der Waals surface area contributed by atoms with Crippen molar-refractivity contribution in [1.82, 2.24) is 0 Å². The van der Waals surface area contributed by atoms with Crippen molar-refractivity contribution in [3.05, 3.63) is 223 Å². The van der Waals surface area contributed by atoms with Crippen LogP contribution in [-0.2, 0) is 6.42 Å². The van der Waals surface area contributed by atoms with Gasteiger partial charge in [0.1, 0.15) is 11.5 Å². The molecule has 0 saturated carbocycles. The Morgan fingerprint density at radius 1 is 0.371 bits per heavy atom. The van der Waals surface area contributed by atoms with Crippen molar-refractivity contribution >= 4 is 97.4 Å². The molecule has 0 atom stereocenters. The van der Waals surface area contributed by atoms with Crippen molar-refractivity contribution in [2.45, 2.75) is 13.3 Å². The third-order valence-electron chi connectivity index (χ3n) is 13.3. The van der Waals surface area contributed by atoms with Crippen LogP contribution < -0.4 is 52.2 Å². The smallest absolute Gasteiger partial charge is 0.256 e. The van der Waals surface area contributed by atoms with Gasteiger partial charge in [0.15, 0.2) is 0 Å². The van der Waals surface area contributed by atoms with Crippen LogP contribution >= 0.6 is 0 Å². The molecule has 0 saturated heterocycles. The fourth-order valence-electron chi connectivity index (χ4n) is 10.9. The van der Waals surface area contributed by atoms with Crippen LogP contribution in [0.25, 0.3) is 0 Å². The molecule has 13 rings (SSSR count). The van der Waals surface area contributed by atoms with E-state index in [1.165, 1.54) is 83.6 Å². The van der Waals surface area contributed by atoms with Crippen molar-refractivity contribution in [2.75, 3.05) is 14.7 Å². The average molecular weight is 792 g/mol. The van der Waals surface area contributed by atoms with Gasteiger partial charge in [0.05, 0.1) is 0 Å². The molecular formula is C56H39B2N3O. The Balaban J connectivity index is 1.08. The zero-order valence-corrected chi connectivity index (χ0v) is 34.2. The summed E-state index contributed by atoms with van der Waals surface area (Å²) >= 11 is 0. The maximum absolute atomic E-state index is 6.80. The first-order valence-electron chi connectivity index (χ1n) is 21.6. The van der Waals surface area contributed by atoms with Gasteiger partial charge in [0.2, 0.25) is 0 Å². The van der Waals surface area contributed by atoms with Crippen molar-refractivity contribution in [2.24, 2.45) is 0 Å². The van der Waals surface area contributed by atoms with E-state index in [0.29, 0.717) is 0 Å². The number of rotatable bonds is 5. The second-order valence-electron chi connectivity index (χ2n) is 16.9. The fraction of sp³-hybridized carbons (Fsp3) is 0.0357. The normalized spacial score (nSPS) is 13.6. The zero-order chi connectivity index (χ0) is 40.9. The highest BCUT2D eigenvalue weighted by Gasteiger charge is 2.45. The molecule has 9 aromatic carbocycles. The highest BCUT2D eigenvalue weighted by Crippen LogP contribution is 2.46. The summed E-state index contributed by atoms with van der Waals surface area (Å²) < 4.78 is 6.80. The Hall–Kier alpha value is -7.69. The monoisotopic (exact) mass is 791 g/mol. The van der Waals surface area contributed by atoms with Crippen molar-refractivity contribution < 1.29 is 4.74 Å². The standard InChI is InChI=1S/C56H39B2N3O/c1-37-32-49-56-53(33-37)62-52-31-16-13-27-45(52)58(56)54-39(18-17-30-48(54)61(49)42-23-9-4-10-24-42)34-38-35-50-55-51(36-38)60(41-21-7-3-8-22-41)47-29-15-12-26-44(47)57(55)43-25-11-14-28-46(43)59(50)40-19-5-2-6-20-40/h2-33,35-36H,34H2,1H3. The lowest BCUT2D eigenvalue weighted by atomic mass is 9.33. The third-order valence-corrected chi connectivity index (χ3v) is 13.3. The van der Waals surface area contributed by atoms with Crippen LogP contribution in [0.5, 0.6) is 11.5 Å². The van der Waals surface area contributed by atoms with Crippen LogP contribution in [0.1, 0.15) is 16.7 Å². The number of ether oxygens (including phenoxy) is 1. The first kappa shape index (κ1) is 35.1. The zero-order valence-electron chi connectivity index (χ0n) is 34.2. The summed E-state index contributed by atoms with van der Waals surface area (Å²) in [4.78, 5) is 7.46. The largest absolute Gasteiger partial charge is 0.458 e. The van der Waals surface area contributed by atoms with E-state index in [0.717, 1.165) is 35.0 Å². The minimum absolute atomic E-state index is 0.00235. The summed E-state index contributed by atoms with van der Waals surface area (Å²) in [6, 6.07) is 75.8. The van der Waals surface area contributed by atoms with E-state index in [9.17, 15) is 0 Å². The van der Waals surface area contributed by atoms with Crippen LogP contribution in [0.4, 0.5) is 51.2 Å². The average Bonchev–Trinajstić information content (AvgIpc) is 3.32. The van der Waals surface area contributed by atoms with Gasteiger partial charge in [-0.3, -0.25) is 0 Å². The number of anilines is 9. The molecule has 0 unspecified atom stereocenters. The molecule has 4 nitrogen and oxygen atoms in total. The number of hydrogen-bond donors (Lipinski definition) is 0. The van der Waals surface area contributed by atoms with Gasteiger partial charge < -0.3 is 19.4 Å². The number of nitrogens with zero attached hydrogens (tertiary/aromatic N) is 3. The van der Waals surface area contributed by atoms with E-state index in [1.807, 2.05) is 0 Å². The number of fused-ring (bicyclic) bond motifs is 8. The van der Waals surface area contributed by atoms with Crippen molar-refractivity contribution in [3.63, 3.8) is 0 Å².